The molecule has 0 unspecified atom stereocenters. The molecule has 0 aromatic carbocycles. The highest BCUT2D eigenvalue weighted by atomic mass is 14.9. The minimum Gasteiger partial charge on any atom is -0.388 e. The van der Waals surface area contributed by atoms with Gasteiger partial charge in [-0.1, -0.05) is 12.2 Å². The molecule has 0 aliphatic rings. The molecule has 4 heteroatoms. The van der Waals surface area contributed by atoms with Crippen molar-refractivity contribution in [2.75, 3.05) is 5.73 Å². The van der Waals surface area contributed by atoms with Crippen molar-refractivity contribution >= 4 is 11.4 Å². The zero-order valence-electron chi connectivity index (χ0n) is 10.9. The van der Waals surface area contributed by atoms with Crippen LogP contribution in [-0.2, 0) is 0 Å². The molecule has 0 radical (unpaired) electrons. The Hall–Kier alpha value is -1.84. The summed E-state index contributed by atoms with van der Waals surface area (Å²) in [5.41, 5.74) is 8.37. The van der Waals surface area contributed by atoms with Crippen LogP contribution in [0.25, 0.3) is 5.57 Å². The predicted octanol–water partition coefficient (Wildman–Crippen LogP) is 2.28. The van der Waals surface area contributed by atoms with E-state index in [0.29, 0.717) is 11.9 Å². The van der Waals surface area contributed by atoms with Crippen LogP contribution in [0, 0.1) is 6.92 Å². The lowest BCUT2D eigenvalue weighted by molar-refractivity contribution is 0.703. The molecule has 3 N–H and O–H groups in total. The maximum absolute atomic E-state index is 5.85. The molecule has 0 saturated carbocycles. The molecule has 1 aromatic heterocycles. The van der Waals surface area contributed by atoms with Gasteiger partial charge in [0.15, 0.2) is 0 Å². The Bertz CT molecular complexity index is 433. The van der Waals surface area contributed by atoms with Gasteiger partial charge in [-0.2, -0.15) is 0 Å². The zero-order valence-corrected chi connectivity index (χ0v) is 10.9. The van der Waals surface area contributed by atoms with Crippen molar-refractivity contribution in [3.63, 3.8) is 0 Å². The van der Waals surface area contributed by atoms with E-state index in [1.165, 1.54) is 0 Å². The molecule has 0 aliphatic carbocycles. The van der Waals surface area contributed by atoms with Gasteiger partial charge in [0.05, 0.1) is 11.9 Å². The fourth-order valence-corrected chi connectivity index (χ4v) is 1.33. The third kappa shape index (κ3) is 3.90. The van der Waals surface area contributed by atoms with Crippen LogP contribution in [0.5, 0.6) is 0 Å². The average molecular weight is 232 g/mol. The molecule has 4 nitrogen and oxygen atoms in total. The van der Waals surface area contributed by atoms with E-state index in [0.717, 1.165) is 17.0 Å². The Morgan fingerprint density at radius 1 is 1.47 bits per heavy atom. The standard InChI is InChI=1S/C13H20N4/c1-5-6-11(8-15-9(2)3)12-13(14)16-7-10(4)17-12/h5-9,15H,1-4H3,(H2,14,16)/b6-5-,11-8+. The first kappa shape index (κ1) is 13.2. The number of anilines is 1. The van der Waals surface area contributed by atoms with E-state index in [-0.39, 0.29) is 0 Å². The quantitative estimate of drug-likeness (QED) is 0.782. The van der Waals surface area contributed by atoms with Crippen LogP contribution in [0.3, 0.4) is 0 Å². The Morgan fingerprint density at radius 2 is 2.18 bits per heavy atom. The van der Waals surface area contributed by atoms with Crippen LogP contribution in [0.2, 0.25) is 0 Å². The predicted molar refractivity (Wildman–Crippen MR) is 72.2 cm³/mol. The number of nitrogens with one attached hydrogen (secondary N) is 1. The van der Waals surface area contributed by atoms with Crippen molar-refractivity contribution in [3.05, 3.63) is 35.9 Å². The molecule has 1 rings (SSSR count). The maximum atomic E-state index is 5.85. The largest absolute Gasteiger partial charge is 0.388 e. The molecule has 17 heavy (non-hydrogen) atoms. The number of nitrogen functional groups attached to an aromatic ring is 1. The van der Waals surface area contributed by atoms with Gasteiger partial charge < -0.3 is 11.1 Å². The molecular weight excluding hydrogens is 212 g/mol. The SMILES string of the molecule is C/C=C\C(=C/NC(C)C)c1nc(C)cnc1N. The molecule has 1 aromatic rings. The number of hydrogen-bond donors (Lipinski definition) is 2. The van der Waals surface area contributed by atoms with Crippen LogP contribution in [-0.4, -0.2) is 16.0 Å². The third-order valence-electron chi connectivity index (χ3n) is 2.11. The molecule has 0 amide bonds. The van der Waals surface area contributed by atoms with Gasteiger partial charge in [-0.25, -0.2) is 9.97 Å². The van der Waals surface area contributed by atoms with E-state index < -0.39 is 0 Å². The molecule has 0 fully saturated rings. The summed E-state index contributed by atoms with van der Waals surface area (Å²) in [5.74, 6) is 0.450. The van der Waals surface area contributed by atoms with Crippen molar-refractivity contribution in [1.82, 2.24) is 15.3 Å². The number of nitrogens with zero attached hydrogens (tertiary/aromatic N) is 2. The molecule has 1 heterocycles. The maximum Gasteiger partial charge on any atom is 0.150 e. The molecule has 0 aliphatic heterocycles. The monoisotopic (exact) mass is 232 g/mol. The van der Waals surface area contributed by atoms with Crippen LogP contribution in [0.4, 0.5) is 5.82 Å². The second-order valence-electron chi connectivity index (χ2n) is 4.17. The summed E-state index contributed by atoms with van der Waals surface area (Å²) in [7, 11) is 0. The lowest BCUT2D eigenvalue weighted by Crippen LogP contribution is -2.16. The third-order valence-corrected chi connectivity index (χ3v) is 2.11. The number of rotatable bonds is 4. The summed E-state index contributed by atoms with van der Waals surface area (Å²) in [4.78, 5) is 8.54. The highest BCUT2D eigenvalue weighted by Gasteiger charge is 2.06. The van der Waals surface area contributed by atoms with Gasteiger partial charge in [-0.15, -0.1) is 0 Å². The minimum absolute atomic E-state index is 0.370. The number of aromatic nitrogens is 2. The van der Waals surface area contributed by atoms with Crippen LogP contribution in [0.1, 0.15) is 32.2 Å². The van der Waals surface area contributed by atoms with Gasteiger partial charge in [0.1, 0.15) is 11.5 Å². The Balaban J connectivity index is 3.13. The fraction of sp³-hybridized carbons (Fsp3) is 0.385. The molecule has 0 atom stereocenters. The van der Waals surface area contributed by atoms with Gasteiger partial charge in [-0.05, 0) is 27.7 Å². The van der Waals surface area contributed by atoms with E-state index in [4.69, 9.17) is 5.73 Å². The second kappa shape index (κ2) is 6.03. The summed E-state index contributed by atoms with van der Waals surface area (Å²) in [6, 6.07) is 0.370. The Morgan fingerprint density at radius 3 is 2.76 bits per heavy atom. The van der Waals surface area contributed by atoms with Crippen molar-refractivity contribution in [2.45, 2.75) is 33.7 Å². The first-order valence-corrected chi connectivity index (χ1v) is 5.73. The summed E-state index contributed by atoms with van der Waals surface area (Å²) in [6.07, 6.45) is 7.51. The van der Waals surface area contributed by atoms with Crippen LogP contribution >= 0.6 is 0 Å². The Labute approximate surface area is 103 Å². The molecule has 92 valence electrons. The van der Waals surface area contributed by atoms with E-state index in [1.807, 2.05) is 32.2 Å². The minimum atomic E-state index is 0.370. The van der Waals surface area contributed by atoms with Crippen LogP contribution < -0.4 is 11.1 Å². The van der Waals surface area contributed by atoms with Gasteiger partial charge in [0.2, 0.25) is 0 Å². The van der Waals surface area contributed by atoms with Crippen molar-refractivity contribution < 1.29 is 0 Å². The molecule has 0 spiro atoms. The lowest BCUT2D eigenvalue weighted by Gasteiger charge is -2.09. The summed E-state index contributed by atoms with van der Waals surface area (Å²) in [5, 5.41) is 3.24. The number of hydrogen-bond acceptors (Lipinski definition) is 4. The average Bonchev–Trinajstić information content (AvgIpc) is 2.27. The topological polar surface area (TPSA) is 63.8 Å². The summed E-state index contributed by atoms with van der Waals surface area (Å²) >= 11 is 0. The first-order valence-electron chi connectivity index (χ1n) is 5.73. The highest BCUT2D eigenvalue weighted by molar-refractivity contribution is 5.76. The van der Waals surface area contributed by atoms with Crippen molar-refractivity contribution in [1.29, 1.82) is 0 Å². The zero-order chi connectivity index (χ0) is 12.8. The summed E-state index contributed by atoms with van der Waals surface area (Å²) < 4.78 is 0. The number of aryl methyl sites for hydroxylation is 1. The van der Waals surface area contributed by atoms with E-state index in [2.05, 4.69) is 29.1 Å². The molecular formula is C13H20N4. The van der Waals surface area contributed by atoms with Gasteiger partial charge in [0, 0.05) is 17.8 Å². The van der Waals surface area contributed by atoms with Crippen LogP contribution in [0.15, 0.2) is 24.5 Å². The van der Waals surface area contributed by atoms with Gasteiger partial charge in [0.25, 0.3) is 0 Å². The van der Waals surface area contributed by atoms with Crippen molar-refractivity contribution in [2.24, 2.45) is 0 Å². The van der Waals surface area contributed by atoms with E-state index in [1.54, 1.807) is 6.20 Å². The normalized spacial score (nSPS) is 12.4. The lowest BCUT2D eigenvalue weighted by atomic mass is 10.1. The number of allylic oxidation sites excluding steroid dienone is 3. The number of nitrogens with two attached hydrogens (primary N) is 1. The smallest absolute Gasteiger partial charge is 0.150 e. The summed E-state index contributed by atoms with van der Waals surface area (Å²) in [6.45, 7) is 8.02. The van der Waals surface area contributed by atoms with Gasteiger partial charge in [-0.3, -0.25) is 0 Å². The van der Waals surface area contributed by atoms with Crippen molar-refractivity contribution in [3.8, 4) is 0 Å². The van der Waals surface area contributed by atoms with Gasteiger partial charge >= 0.3 is 0 Å². The first-order chi connectivity index (χ1) is 8.04. The van der Waals surface area contributed by atoms with E-state index in [9.17, 15) is 0 Å². The molecule has 0 bridgehead atoms. The molecule has 0 saturated heterocycles. The highest BCUT2D eigenvalue weighted by Crippen LogP contribution is 2.18. The second-order valence-corrected chi connectivity index (χ2v) is 4.17. The fourth-order valence-electron chi connectivity index (χ4n) is 1.33. The van der Waals surface area contributed by atoms with E-state index >= 15 is 0 Å². The Kier molecular flexibility index (Phi) is 4.69.